The average Bonchev–Trinajstić information content (AvgIpc) is 2.77. The largest absolute Gasteiger partial charge is 0.378 e. The standard InChI is InChI=1S/C12H9ClO4S2/c1-8(14)9-2-4-10(5-3-9)17-19(15,16)12-7-6-11(13)18-12/h2-7H,1H3. The lowest BCUT2D eigenvalue weighted by Crippen LogP contribution is -2.08. The average molecular weight is 317 g/mol. The van der Waals surface area contributed by atoms with Crippen molar-refractivity contribution in [3.05, 3.63) is 46.3 Å². The minimum absolute atomic E-state index is 0.0353. The van der Waals surface area contributed by atoms with Gasteiger partial charge in [0.25, 0.3) is 0 Å². The Hall–Kier alpha value is -1.37. The molecule has 7 heteroatoms. The highest BCUT2D eigenvalue weighted by Gasteiger charge is 2.19. The topological polar surface area (TPSA) is 60.4 Å². The first-order valence-electron chi connectivity index (χ1n) is 5.19. The van der Waals surface area contributed by atoms with E-state index >= 15 is 0 Å². The third-order valence-electron chi connectivity index (χ3n) is 2.26. The van der Waals surface area contributed by atoms with Crippen LogP contribution in [-0.2, 0) is 10.1 Å². The van der Waals surface area contributed by atoms with E-state index in [0.29, 0.717) is 9.90 Å². The summed E-state index contributed by atoms with van der Waals surface area (Å²) in [6.07, 6.45) is 0. The van der Waals surface area contributed by atoms with Gasteiger partial charge in [0.05, 0.1) is 4.34 Å². The van der Waals surface area contributed by atoms with Gasteiger partial charge in [-0.25, -0.2) is 0 Å². The minimum atomic E-state index is -3.88. The lowest BCUT2D eigenvalue weighted by atomic mass is 10.1. The molecule has 2 rings (SSSR count). The molecule has 0 amide bonds. The van der Waals surface area contributed by atoms with Gasteiger partial charge in [-0.15, -0.1) is 11.3 Å². The second-order valence-corrected chi connectivity index (χ2v) is 7.16. The molecule has 0 aliphatic rings. The number of carbonyl (C=O) groups is 1. The zero-order valence-corrected chi connectivity index (χ0v) is 12.2. The quantitative estimate of drug-likeness (QED) is 0.641. The van der Waals surface area contributed by atoms with Crippen LogP contribution in [0.2, 0.25) is 4.34 Å². The maximum absolute atomic E-state index is 11.9. The van der Waals surface area contributed by atoms with Gasteiger partial charge in [0.15, 0.2) is 9.99 Å². The fourth-order valence-electron chi connectivity index (χ4n) is 1.35. The van der Waals surface area contributed by atoms with E-state index in [1.165, 1.54) is 43.3 Å². The number of Topliss-reactive ketones (excluding diaryl/α,β-unsaturated/α-hetero) is 1. The Morgan fingerprint density at radius 2 is 1.79 bits per heavy atom. The van der Waals surface area contributed by atoms with Crippen LogP contribution in [0.25, 0.3) is 0 Å². The number of ketones is 1. The van der Waals surface area contributed by atoms with Crippen LogP contribution in [0.5, 0.6) is 5.75 Å². The minimum Gasteiger partial charge on any atom is -0.378 e. The molecule has 1 aromatic heterocycles. The Kier molecular flexibility index (Phi) is 3.93. The first kappa shape index (κ1) is 14.0. The van der Waals surface area contributed by atoms with Gasteiger partial charge in [0.2, 0.25) is 0 Å². The van der Waals surface area contributed by atoms with Crippen LogP contribution in [0.4, 0.5) is 0 Å². The maximum Gasteiger partial charge on any atom is 0.348 e. The monoisotopic (exact) mass is 316 g/mol. The summed E-state index contributed by atoms with van der Waals surface area (Å²) in [6.45, 7) is 1.43. The molecule has 0 radical (unpaired) electrons. The summed E-state index contributed by atoms with van der Waals surface area (Å²) >= 11 is 6.61. The van der Waals surface area contributed by atoms with Crippen molar-refractivity contribution < 1.29 is 17.4 Å². The second kappa shape index (κ2) is 5.32. The van der Waals surface area contributed by atoms with Crippen molar-refractivity contribution in [2.24, 2.45) is 0 Å². The van der Waals surface area contributed by atoms with E-state index in [2.05, 4.69) is 0 Å². The normalized spacial score (nSPS) is 11.3. The summed E-state index contributed by atoms with van der Waals surface area (Å²) in [4.78, 5) is 11.1. The Morgan fingerprint density at radius 3 is 2.26 bits per heavy atom. The van der Waals surface area contributed by atoms with Crippen molar-refractivity contribution in [2.45, 2.75) is 11.1 Å². The summed E-state index contributed by atoms with van der Waals surface area (Å²) < 4.78 is 29.1. The molecule has 4 nitrogen and oxygen atoms in total. The predicted octanol–water partition coefficient (Wildman–Crippen LogP) is 3.37. The van der Waals surface area contributed by atoms with E-state index in [-0.39, 0.29) is 15.7 Å². The molecule has 0 fully saturated rings. The molecule has 1 aromatic carbocycles. The Balaban J connectivity index is 2.23. The van der Waals surface area contributed by atoms with E-state index in [1.807, 2.05) is 0 Å². The first-order valence-corrected chi connectivity index (χ1v) is 7.79. The second-order valence-electron chi connectivity index (χ2n) is 3.68. The molecule has 0 saturated heterocycles. The van der Waals surface area contributed by atoms with Gasteiger partial charge in [-0.1, -0.05) is 11.6 Å². The molecule has 0 aliphatic carbocycles. The molecule has 0 unspecified atom stereocenters. The summed E-state index contributed by atoms with van der Waals surface area (Å²) in [5, 5.41) is 0. The van der Waals surface area contributed by atoms with E-state index in [0.717, 1.165) is 11.3 Å². The van der Waals surface area contributed by atoms with Crippen LogP contribution in [-0.4, -0.2) is 14.2 Å². The highest BCUT2D eigenvalue weighted by molar-refractivity contribution is 7.89. The molecule has 100 valence electrons. The Morgan fingerprint density at radius 1 is 1.16 bits per heavy atom. The van der Waals surface area contributed by atoms with Gasteiger partial charge < -0.3 is 4.18 Å². The number of thiophene rings is 1. The molecule has 2 aromatic rings. The van der Waals surface area contributed by atoms with Gasteiger partial charge >= 0.3 is 10.1 Å². The summed E-state index contributed by atoms with van der Waals surface area (Å²) in [7, 11) is -3.88. The lowest BCUT2D eigenvalue weighted by molar-refractivity contribution is 0.101. The summed E-state index contributed by atoms with van der Waals surface area (Å²) in [5.74, 6) is 0.0500. The Labute approximate surface area is 119 Å². The molecule has 0 atom stereocenters. The highest BCUT2D eigenvalue weighted by Crippen LogP contribution is 2.28. The lowest BCUT2D eigenvalue weighted by Gasteiger charge is -2.05. The first-order chi connectivity index (χ1) is 8.88. The van der Waals surface area contributed by atoms with Crippen LogP contribution < -0.4 is 4.18 Å². The molecule has 0 bridgehead atoms. The molecule has 19 heavy (non-hydrogen) atoms. The number of carbonyl (C=O) groups excluding carboxylic acids is 1. The van der Waals surface area contributed by atoms with Crippen molar-refractivity contribution in [3.8, 4) is 5.75 Å². The summed E-state index contributed by atoms with van der Waals surface area (Å²) in [6, 6.07) is 8.75. The van der Waals surface area contributed by atoms with Crippen LogP contribution >= 0.6 is 22.9 Å². The number of hydrogen-bond donors (Lipinski definition) is 0. The van der Waals surface area contributed by atoms with E-state index in [1.54, 1.807) is 0 Å². The molecule has 0 spiro atoms. The van der Waals surface area contributed by atoms with E-state index in [9.17, 15) is 13.2 Å². The third kappa shape index (κ3) is 3.34. The molecular formula is C12H9ClO4S2. The van der Waals surface area contributed by atoms with Crippen LogP contribution in [0.1, 0.15) is 17.3 Å². The number of hydrogen-bond acceptors (Lipinski definition) is 5. The molecule has 0 saturated carbocycles. The fourth-order valence-corrected chi connectivity index (χ4v) is 3.72. The molecular weight excluding hydrogens is 308 g/mol. The van der Waals surface area contributed by atoms with Crippen molar-refractivity contribution >= 4 is 38.8 Å². The molecule has 1 heterocycles. The van der Waals surface area contributed by atoms with Crippen LogP contribution in [0.15, 0.2) is 40.6 Å². The van der Waals surface area contributed by atoms with Crippen molar-refractivity contribution in [1.29, 1.82) is 0 Å². The summed E-state index contributed by atoms with van der Waals surface area (Å²) in [5.41, 5.74) is 0.490. The van der Waals surface area contributed by atoms with Crippen molar-refractivity contribution in [3.63, 3.8) is 0 Å². The zero-order chi connectivity index (χ0) is 14.0. The van der Waals surface area contributed by atoms with Crippen molar-refractivity contribution in [1.82, 2.24) is 0 Å². The van der Waals surface area contributed by atoms with E-state index < -0.39 is 10.1 Å². The zero-order valence-electron chi connectivity index (χ0n) is 9.79. The maximum atomic E-state index is 11.9. The highest BCUT2D eigenvalue weighted by atomic mass is 35.5. The van der Waals surface area contributed by atoms with Crippen LogP contribution in [0.3, 0.4) is 0 Å². The fraction of sp³-hybridized carbons (Fsp3) is 0.0833. The molecule has 0 N–H and O–H groups in total. The van der Waals surface area contributed by atoms with Crippen LogP contribution in [0, 0.1) is 0 Å². The van der Waals surface area contributed by atoms with Gasteiger partial charge in [0, 0.05) is 5.56 Å². The van der Waals surface area contributed by atoms with Crippen molar-refractivity contribution in [2.75, 3.05) is 0 Å². The number of rotatable bonds is 4. The molecule has 0 aliphatic heterocycles. The smallest absolute Gasteiger partial charge is 0.348 e. The predicted molar refractivity (Wildman–Crippen MR) is 73.6 cm³/mol. The van der Waals surface area contributed by atoms with Gasteiger partial charge in [-0.2, -0.15) is 8.42 Å². The van der Waals surface area contributed by atoms with Gasteiger partial charge in [0.1, 0.15) is 5.75 Å². The number of benzene rings is 1. The SMILES string of the molecule is CC(=O)c1ccc(OS(=O)(=O)c2ccc(Cl)s2)cc1. The number of halogens is 1. The third-order valence-corrected chi connectivity index (χ3v) is 5.19. The van der Waals surface area contributed by atoms with Gasteiger partial charge in [-0.3, -0.25) is 4.79 Å². The van der Waals surface area contributed by atoms with Gasteiger partial charge in [-0.05, 0) is 43.3 Å². The Bertz CT molecular complexity index is 702. The van der Waals surface area contributed by atoms with E-state index in [4.69, 9.17) is 15.8 Å².